The van der Waals surface area contributed by atoms with Gasteiger partial charge in [-0.05, 0) is 56.9 Å². The molecule has 1 heterocycles. The lowest BCUT2D eigenvalue weighted by Gasteiger charge is -2.40. The normalized spacial score (nSPS) is 42.2. The molecule has 18 heavy (non-hydrogen) atoms. The fourth-order valence-electron chi connectivity index (χ4n) is 3.73. The van der Waals surface area contributed by atoms with E-state index in [1.165, 1.54) is 32.1 Å². The van der Waals surface area contributed by atoms with Gasteiger partial charge >= 0.3 is 0 Å². The van der Waals surface area contributed by atoms with E-state index in [1.54, 1.807) is 0 Å². The first-order valence-corrected chi connectivity index (χ1v) is 7.95. The Bertz CT molecular complexity index is 253. The molecule has 5 atom stereocenters. The molecule has 2 rings (SSSR count). The maximum Gasteiger partial charge on any atom is 0.0612 e. The minimum absolute atomic E-state index is 0.498. The summed E-state index contributed by atoms with van der Waals surface area (Å²) in [5.74, 6) is 2.40. The van der Waals surface area contributed by atoms with E-state index in [4.69, 9.17) is 4.74 Å². The highest BCUT2D eigenvalue weighted by atomic mass is 16.5. The summed E-state index contributed by atoms with van der Waals surface area (Å²) in [5, 5.41) is 3.51. The predicted molar refractivity (Wildman–Crippen MR) is 76.7 cm³/mol. The Labute approximate surface area is 113 Å². The molecule has 1 saturated heterocycles. The van der Waals surface area contributed by atoms with Crippen LogP contribution < -0.4 is 5.32 Å². The molecule has 0 amide bonds. The summed E-state index contributed by atoms with van der Waals surface area (Å²) < 4.78 is 6.51. The molecule has 0 aromatic rings. The fourth-order valence-corrected chi connectivity index (χ4v) is 3.73. The zero-order chi connectivity index (χ0) is 13.1. The molecule has 5 unspecified atom stereocenters. The van der Waals surface area contributed by atoms with Crippen molar-refractivity contribution in [2.45, 2.75) is 78.0 Å². The minimum atomic E-state index is 0.498. The van der Waals surface area contributed by atoms with Crippen LogP contribution in [0.3, 0.4) is 0 Å². The Kier molecular flexibility index (Phi) is 5.08. The molecule has 2 fully saturated rings. The van der Waals surface area contributed by atoms with Gasteiger partial charge in [0.05, 0.1) is 12.2 Å². The molecule has 1 saturated carbocycles. The molecule has 0 bridgehead atoms. The van der Waals surface area contributed by atoms with Gasteiger partial charge in [0.1, 0.15) is 0 Å². The Morgan fingerprint density at radius 2 is 1.83 bits per heavy atom. The first kappa shape index (κ1) is 14.3. The van der Waals surface area contributed by atoms with Crippen molar-refractivity contribution in [2.75, 3.05) is 6.54 Å². The Balaban J connectivity index is 1.91. The molecular weight excluding hydrogens is 222 g/mol. The van der Waals surface area contributed by atoms with Gasteiger partial charge in [0.15, 0.2) is 0 Å². The second-order valence-corrected chi connectivity index (χ2v) is 7.00. The number of piperidine rings is 1. The number of ether oxygens (including phenoxy) is 1. The van der Waals surface area contributed by atoms with Crippen LogP contribution >= 0.6 is 0 Å². The lowest BCUT2D eigenvalue weighted by atomic mass is 9.75. The summed E-state index contributed by atoms with van der Waals surface area (Å²) in [4.78, 5) is 0. The lowest BCUT2D eigenvalue weighted by Crippen LogP contribution is -2.43. The number of hydrogen-bond donors (Lipinski definition) is 1. The highest BCUT2D eigenvalue weighted by molar-refractivity contribution is 4.84. The maximum atomic E-state index is 6.51. The van der Waals surface area contributed by atoms with Gasteiger partial charge in [-0.15, -0.1) is 0 Å². The van der Waals surface area contributed by atoms with E-state index in [9.17, 15) is 0 Å². The summed E-state index contributed by atoms with van der Waals surface area (Å²) in [6, 6.07) is 0.627. The average Bonchev–Trinajstić information content (AvgIpc) is 2.28. The molecule has 0 aromatic carbocycles. The first-order chi connectivity index (χ1) is 8.56. The Hall–Kier alpha value is -0.0800. The van der Waals surface area contributed by atoms with E-state index < -0.39 is 0 Å². The van der Waals surface area contributed by atoms with Gasteiger partial charge in [-0.1, -0.05) is 27.2 Å². The summed E-state index contributed by atoms with van der Waals surface area (Å²) >= 11 is 0. The standard InChI is InChI=1S/C16H31NO/c1-11(2)15-6-5-12(3)9-16(15)18-14-7-8-17-13(4)10-14/h11-17H,5-10H2,1-4H3. The number of nitrogens with one attached hydrogen (secondary N) is 1. The Morgan fingerprint density at radius 1 is 1.06 bits per heavy atom. The zero-order valence-corrected chi connectivity index (χ0v) is 12.6. The number of hydrogen-bond acceptors (Lipinski definition) is 2. The second-order valence-electron chi connectivity index (χ2n) is 7.00. The summed E-state index contributed by atoms with van der Waals surface area (Å²) in [5.41, 5.74) is 0. The van der Waals surface area contributed by atoms with Crippen molar-refractivity contribution in [1.82, 2.24) is 5.32 Å². The van der Waals surface area contributed by atoms with Crippen molar-refractivity contribution in [3.05, 3.63) is 0 Å². The summed E-state index contributed by atoms with van der Waals surface area (Å²) in [6.07, 6.45) is 7.44. The topological polar surface area (TPSA) is 21.3 Å². The van der Waals surface area contributed by atoms with Gasteiger partial charge in [0.2, 0.25) is 0 Å². The second kappa shape index (κ2) is 6.38. The van der Waals surface area contributed by atoms with E-state index in [0.717, 1.165) is 24.3 Å². The summed E-state index contributed by atoms with van der Waals surface area (Å²) in [6.45, 7) is 10.5. The summed E-state index contributed by atoms with van der Waals surface area (Å²) in [7, 11) is 0. The van der Waals surface area contributed by atoms with Crippen molar-refractivity contribution >= 4 is 0 Å². The molecule has 2 heteroatoms. The van der Waals surface area contributed by atoms with Gasteiger partial charge in [0, 0.05) is 6.04 Å². The van der Waals surface area contributed by atoms with Gasteiger partial charge in [-0.2, -0.15) is 0 Å². The van der Waals surface area contributed by atoms with E-state index in [0.29, 0.717) is 18.2 Å². The van der Waals surface area contributed by atoms with Crippen LogP contribution in [0.4, 0.5) is 0 Å². The van der Waals surface area contributed by atoms with Crippen LogP contribution in [-0.2, 0) is 4.74 Å². The van der Waals surface area contributed by atoms with Crippen LogP contribution in [-0.4, -0.2) is 24.8 Å². The molecule has 0 spiro atoms. The zero-order valence-electron chi connectivity index (χ0n) is 12.6. The maximum absolute atomic E-state index is 6.51. The van der Waals surface area contributed by atoms with Crippen molar-refractivity contribution < 1.29 is 4.74 Å². The quantitative estimate of drug-likeness (QED) is 0.829. The predicted octanol–water partition coefficient (Wildman–Crippen LogP) is 3.60. The third-order valence-electron chi connectivity index (χ3n) is 4.90. The largest absolute Gasteiger partial charge is 0.375 e. The third kappa shape index (κ3) is 3.71. The van der Waals surface area contributed by atoms with E-state index in [-0.39, 0.29) is 0 Å². The first-order valence-electron chi connectivity index (χ1n) is 7.95. The monoisotopic (exact) mass is 253 g/mol. The van der Waals surface area contributed by atoms with Crippen molar-refractivity contribution in [2.24, 2.45) is 17.8 Å². The van der Waals surface area contributed by atoms with E-state index in [1.807, 2.05) is 0 Å². The lowest BCUT2D eigenvalue weighted by molar-refractivity contribution is -0.0919. The van der Waals surface area contributed by atoms with Crippen LogP contribution in [0.15, 0.2) is 0 Å². The fraction of sp³-hybridized carbons (Fsp3) is 1.00. The average molecular weight is 253 g/mol. The molecule has 0 aromatic heterocycles. The van der Waals surface area contributed by atoms with Gasteiger partial charge in [-0.25, -0.2) is 0 Å². The van der Waals surface area contributed by atoms with Crippen LogP contribution in [0.25, 0.3) is 0 Å². The van der Waals surface area contributed by atoms with Gasteiger partial charge < -0.3 is 10.1 Å². The van der Waals surface area contributed by atoms with Crippen LogP contribution in [0.2, 0.25) is 0 Å². The molecule has 1 N–H and O–H groups in total. The van der Waals surface area contributed by atoms with Crippen molar-refractivity contribution in [1.29, 1.82) is 0 Å². The van der Waals surface area contributed by atoms with Crippen LogP contribution in [0, 0.1) is 17.8 Å². The molecule has 2 nitrogen and oxygen atoms in total. The van der Waals surface area contributed by atoms with E-state index >= 15 is 0 Å². The Morgan fingerprint density at radius 3 is 2.50 bits per heavy atom. The van der Waals surface area contributed by atoms with Gasteiger partial charge in [0.25, 0.3) is 0 Å². The smallest absolute Gasteiger partial charge is 0.0612 e. The van der Waals surface area contributed by atoms with Crippen LogP contribution in [0.1, 0.15) is 59.8 Å². The van der Waals surface area contributed by atoms with Crippen LogP contribution in [0.5, 0.6) is 0 Å². The highest BCUT2D eigenvalue weighted by Gasteiger charge is 2.33. The molecule has 1 aliphatic carbocycles. The van der Waals surface area contributed by atoms with Gasteiger partial charge in [-0.3, -0.25) is 0 Å². The molecule has 106 valence electrons. The molecule has 1 aliphatic heterocycles. The van der Waals surface area contributed by atoms with Crippen molar-refractivity contribution in [3.8, 4) is 0 Å². The molecule has 2 aliphatic rings. The highest BCUT2D eigenvalue weighted by Crippen LogP contribution is 2.36. The SMILES string of the molecule is CC1CCC(C(C)C)C(OC2CCNC(C)C2)C1. The molecule has 0 radical (unpaired) electrons. The minimum Gasteiger partial charge on any atom is -0.375 e. The van der Waals surface area contributed by atoms with Crippen molar-refractivity contribution in [3.63, 3.8) is 0 Å². The molecular formula is C16H31NO. The third-order valence-corrected chi connectivity index (χ3v) is 4.90. The number of rotatable bonds is 3. The van der Waals surface area contributed by atoms with E-state index in [2.05, 4.69) is 33.0 Å².